The Morgan fingerprint density at radius 1 is 1.14 bits per heavy atom. The van der Waals surface area contributed by atoms with Gasteiger partial charge in [-0.3, -0.25) is 4.90 Å². The Kier molecular flexibility index (Phi) is 5.88. The maximum absolute atomic E-state index is 5.44. The number of hydrogen-bond acceptors (Lipinski definition) is 5. The number of aromatic nitrogens is 3. The minimum Gasteiger partial charge on any atom is -0.379 e. The normalized spacial score (nSPS) is 15.2. The summed E-state index contributed by atoms with van der Waals surface area (Å²) in [6.45, 7) is 9.82. The number of morpholine rings is 1. The minimum absolute atomic E-state index is 0.832. The van der Waals surface area contributed by atoms with E-state index in [-0.39, 0.29) is 0 Å². The lowest BCUT2D eigenvalue weighted by Crippen LogP contribution is -2.39. The van der Waals surface area contributed by atoms with Crippen molar-refractivity contribution in [2.75, 3.05) is 44.7 Å². The second kappa shape index (κ2) is 8.71. The Morgan fingerprint density at radius 2 is 1.93 bits per heavy atom. The van der Waals surface area contributed by atoms with Gasteiger partial charge >= 0.3 is 0 Å². The maximum atomic E-state index is 5.44. The summed E-state index contributed by atoms with van der Waals surface area (Å²) in [4.78, 5) is 7.39. The molecule has 6 heteroatoms. The molecule has 0 bridgehead atoms. The zero-order valence-electron chi connectivity index (χ0n) is 16.8. The first-order valence-electron chi connectivity index (χ1n) is 10.2. The quantitative estimate of drug-likeness (QED) is 0.682. The van der Waals surface area contributed by atoms with E-state index in [1.54, 1.807) is 0 Å². The van der Waals surface area contributed by atoms with Gasteiger partial charge in [0.2, 0.25) is 0 Å². The molecule has 0 unspecified atom stereocenters. The molecule has 1 aromatic carbocycles. The summed E-state index contributed by atoms with van der Waals surface area (Å²) in [7, 11) is 0. The van der Waals surface area contributed by atoms with E-state index in [2.05, 4.69) is 54.4 Å². The number of nitrogens with one attached hydrogen (secondary N) is 1. The fourth-order valence-corrected chi connectivity index (χ4v) is 3.79. The highest BCUT2D eigenvalue weighted by atomic mass is 16.5. The van der Waals surface area contributed by atoms with Gasteiger partial charge in [0, 0.05) is 43.5 Å². The van der Waals surface area contributed by atoms with Crippen molar-refractivity contribution < 1.29 is 4.74 Å². The monoisotopic (exact) mass is 379 g/mol. The van der Waals surface area contributed by atoms with Crippen LogP contribution in [0.25, 0.3) is 16.8 Å². The molecule has 1 aliphatic heterocycles. The van der Waals surface area contributed by atoms with Crippen LogP contribution in [0, 0.1) is 6.92 Å². The molecular weight excluding hydrogens is 350 g/mol. The van der Waals surface area contributed by atoms with Gasteiger partial charge in [0.15, 0.2) is 5.65 Å². The van der Waals surface area contributed by atoms with Crippen LogP contribution in [-0.4, -0.2) is 58.9 Å². The summed E-state index contributed by atoms with van der Waals surface area (Å²) in [6.07, 6.45) is 2.04. The van der Waals surface area contributed by atoms with Crippen LogP contribution in [-0.2, 0) is 11.2 Å². The lowest BCUT2D eigenvalue weighted by molar-refractivity contribution is 0.0398. The maximum Gasteiger partial charge on any atom is 0.165 e. The van der Waals surface area contributed by atoms with E-state index in [9.17, 15) is 0 Å². The van der Waals surface area contributed by atoms with Crippen molar-refractivity contribution in [1.29, 1.82) is 0 Å². The molecule has 0 radical (unpaired) electrons. The molecule has 0 saturated carbocycles. The topological polar surface area (TPSA) is 54.7 Å². The summed E-state index contributed by atoms with van der Waals surface area (Å²) in [5.41, 5.74) is 5.33. The lowest BCUT2D eigenvalue weighted by atomic mass is 10.1. The highest BCUT2D eigenvalue weighted by molar-refractivity contribution is 5.80. The Hall–Kier alpha value is -2.44. The van der Waals surface area contributed by atoms with Crippen LogP contribution in [0.1, 0.15) is 24.7 Å². The highest BCUT2D eigenvalue weighted by Gasteiger charge is 2.17. The van der Waals surface area contributed by atoms with Gasteiger partial charge in [0.05, 0.1) is 18.9 Å². The van der Waals surface area contributed by atoms with E-state index in [0.717, 1.165) is 86.2 Å². The van der Waals surface area contributed by atoms with Gasteiger partial charge in [-0.25, -0.2) is 4.98 Å². The Labute approximate surface area is 166 Å². The Balaban J connectivity index is 1.65. The van der Waals surface area contributed by atoms with E-state index in [0.29, 0.717) is 0 Å². The summed E-state index contributed by atoms with van der Waals surface area (Å²) in [5.74, 6) is 1.02. The summed E-state index contributed by atoms with van der Waals surface area (Å²) in [5, 5.41) is 8.42. The SMILES string of the molecule is CCCc1cc(NCCN2CCOCC2)n2nc(C)c(-c3ccccc3)c2n1. The molecule has 0 spiro atoms. The largest absolute Gasteiger partial charge is 0.379 e. The van der Waals surface area contributed by atoms with E-state index < -0.39 is 0 Å². The van der Waals surface area contributed by atoms with Gasteiger partial charge in [-0.15, -0.1) is 0 Å². The van der Waals surface area contributed by atoms with Gasteiger partial charge in [-0.2, -0.15) is 9.61 Å². The Morgan fingerprint density at radius 3 is 2.68 bits per heavy atom. The molecule has 6 nitrogen and oxygen atoms in total. The van der Waals surface area contributed by atoms with Crippen LogP contribution in [0.4, 0.5) is 5.82 Å². The van der Waals surface area contributed by atoms with Crippen molar-refractivity contribution in [3.63, 3.8) is 0 Å². The predicted molar refractivity (Wildman–Crippen MR) is 113 cm³/mol. The molecule has 148 valence electrons. The predicted octanol–water partition coefficient (Wildman–Crippen LogP) is 3.40. The molecular formula is C22H29N5O. The van der Waals surface area contributed by atoms with Crippen molar-refractivity contribution in [1.82, 2.24) is 19.5 Å². The van der Waals surface area contributed by atoms with Crippen LogP contribution in [0.15, 0.2) is 36.4 Å². The molecule has 1 N–H and O–H groups in total. The molecule has 1 saturated heterocycles. The van der Waals surface area contributed by atoms with Crippen LogP contribution < -0.4 is 5.32 Å². The van der Waals surface area contributed by atoms with Crippen LogP contribution in [0.5, 0.6) is 0 Å². The number of nitrogens with zero attached hydrogens (tertiary/aromatic N) is 4. The van der Waals surface area contributed by atoms with E-state index in [1.807, 2.05) is 10.6 Å². The van der Waals surface area contributed by atoms with E-state index in [1.165, 1.54) is 0 Å². The van der Waals surface area contributed by atoms with Crippen molar-refractivity contribution >= 4 is 11.5 Å². The molecule has 28 heavy (non-hydrogen) atoms. The van der Waals surface area contributed by atoms with Crippen LogP contribution in [0.2, 0.25) is 0 Å². The first-order chi connectivity index (χ1) is 13.8. The van der Waals surface area contributed by atoms with Gasteiger partial charge in [-0.05, 0) is 18.9 Å². The lowest BCUT2D eigenvalue weighted by Gasteiger charge is -2.26. The fraction of sp³-hybridized carbons (Fsp3) is 0.455. The zero-order chi connectivity index (χ0) is 19.3. The fourth-order valence-electron chi connectivity index (χ4n) is 3.79. The average Bonchev–Trinajstić information content (AvgIpc) is 3.06. The molecule has 1 aliphatic rings. The number of hydrogen-bond donors (Lipinski definition) is 1. The number of aryl methyl sites for hydroxylation is 2. The van der Waals surface area contributed by atoms with Crippen LogP contribution in [0.3, 0.4) is 0 Å². The van der Waals surface area contributed by atoms with Crippen molar-refractivity contribution in [3.05, 3.63) is 47.8 Å². The molecule has 3 heterocycles. The summed E-state index contributed by atoms with van der Waals surface area (Å²) in [6, 6.07) is 12.6. The molecule has 0 atom stereocenters. The molecule has 2 aromatic heterocycles. The van der Waals surface area contributed by atoms with Gasteiger partial charge in [0.1, 0.15) is 5.82 Å². The zero-order valence-corrected chi connectivity index (χ0v) is 16.8. The third kappa shape index (κ3) is 4.03. The minimum atomic E-state index is 0.832. The molecule has 4 rings (SSSR count). The molecule has 0 amide bonds. The smallest absolute Gasteiger partial charge is 0.165 e. The molecule has 1 fully saturated rings. The second-order valence-corrected chi connectivity index (χ2v) is 7.33. The van der Waals surface area contributed by atoms with Crippen molar-refractivity contribution in [2.24, 2.45) is 0 Å². The number of ether oxygens (including phenoxy) is 1. The van der Waals surface area contributed by atoms with E-state index >= 15 is 0 Å². The van der Waals surface area contributed by atoms with Gasteiger partial charge < -0.3 is 10.1 Å². The second-order valence-electron chi connectivity index (χ2n) is 7.33. The summed E-state index contributed by atoms with van der Waals surface area (Å²) >= 11 is 0. The first kappa shape index (κ1) is 18.9. The third-order valence-corrected chi connectivity index (χ3v) is 5.22. The first-order valence-corrected chi connectivity index (χ1v) is 10.2. The standard InChI is InChI=1S/C22H29N5O/c1-3-7-19-16-20(23-10-11-26-12-14-28-15-13-26)27-22(24-19)21(17(2)25-27)18-8-5-4-6-9-18/h4-6,8-9,16,23H,3,7,10-15H2,1-2H3. The van der Waals surface area contributed by atoms with Crippen LogP contribution >= 0.6 is 0 Å². The van der Waals surface area contributed by atoms with Gasteiger partial charge in [0.25, 0.3) is 0 Å². The number of anilines is 1. The van der Waals surface area contributed by atoms with E-state index in [4.69, 9.17) is 14.8 Å². The number of fused-ring (bicyclic) bond motifs is 1. The number of rotatable bonds is 7. The molecule has 0 aliphatic carbocycles. The molecule has 3 aromatic rings. The highest BCUT2D eigenvalue weighted by Crippen LogP contribution is 2.29. The summed E-state index contributed by atoms with van der Waals surface area (Å²) < 4.78 is 7.41. The Bertz CT molecular complexity index is 916. The van der Waals surface area contributed by atoms with Crippen molar-refractivity contribution in [2.45, 2.75) is 26.7 Å². The van der Waals surface area contributed by atoms with Gasteiger partial charge in [-0.1, -0.05) is 43.7 Å². The average molecular weight is 380 g/mol. The number of benzene rings is 1. The van der Waals surface area contributed by atoms with Crippen molar-refractivity contribution in [3.8, 4) is 11.1 Å². The third-order valence-electron chi connectivity index (χ3n) is 5.22.